The van der Waals surface area contributed by atoms with Crippen LogP contribution in [0.2, 0.25) is 0 Å². The van der Waals surface area contributed by atoms with Crippen LogP contribution in [0.15, 0.2) is 309 Å². The number of benzene rings is 13. The SMILES string of the molecule is CCCCNC(=O)Nc1ccc(C)cc1F.CCNC(=O)Nc1ccc(C)cc1F.COC(=O)Nc1ccc(C)cc1.Cc1ccc(N)c(C)c1.Cc1ccc(NC(=O)C(C)(C)C)cc1.Cc1ccc(NC(=O)CCc2ccccc2)cc1.Cc1ccc(NC(=O)CCc2ccccc2)cc1.Cc1ccc(NC(=O)Cc2ccccc2)cc1.Cc1ccc(NC(=O)NC(C)C)c(F)c1.Cc1cccc(NS(=O)(=O)C2CC2)c1. The Labute approximate surface area is 867 Å². The summed E-state index contributed by atoms with van der Waals surface area (Å²) in [6.45, 7) is 35.8. The van der Waals surface area contributed by atoms with Crippen molar-refractivity contribution in [2.45, 2.75) is 194 Å². The molecule has 147 heavy (non-hydrogen) atoms. The molecule has 24 nitrogen and oxygen atoms in total. The first-order valence-electron chi connectivity index (χ1n) is 48.7. The molecule has 0 radical (unpaired) electrons. The molecule has 14 rings (SSSR count). The summed E-state index contributed by atoms with van der Waals surface area (Å²) < 4.78 is 70.0. The van der Waals surface area contributed by atoms with Crippen LogP contribution in [0.3, 0.4) is 0 Å². The van der Waals surface area contributed by atoms with Gasteiger partial charge in [0.15, 0.2) is 0 Å². The van der Waals surface area contributed by atoms with Crippen molar-refractivity contribution in [1.82, 2.24) is 16.0 Å². The molecule has 0 spiro atoms. The van der Waals surface area contributed by atoms with E-state index < -0.39 is 45.6 Å². The van der Waals surface area contributed by atoms with Crippen LogP contribution < -0.4 is 68.9 Å². The number of nitrogens with one attached hydrogen (secondary N) is 12. The number of nitrogen functional groups attached to an aromatic ring is 1. The zero-order valence-electron chi connectivity index (χ0n) is 88.0. The third kappa shape index (κ3) is 53.4. The molecule has 0 bridgehead atoms. The number of halogens is 3. The second-order valence-electron chi connectivity index (χ2n) is 36.4. The van der Waals surface area contributed by atoms with Gasteiger partial charge in [-0.2, -0.15) is 0 Å². The molecule has 0 unspecified atom stereocenters. The molecule has 0 aliphatic heterocycles. The Hall–Kier alpha value is -15.8. The van der Waals surface area contributed by atoms with Gasteiger partial charge in [-0.3, -0.25) is 29.2 Å². The summed E-state index contributed by atoms with van der Waals surface area (Å²) in [5.74, 6) is -1.08. The zero-order chi connectivity index (χ0) is 108. The van der Waals surface area contributed by atoms with Crippen molar-refractivity contribution in [2.75, 3.05) is 73.2 Å². The van der Waals surface area contributed by atoms with Gasteiger partial charge >= 0.3 is 24.2 Å². The van der Waals surface area contributed by atoms with E-state index in [2.05, 4.69) is 80.9 Å². The van der Waals surface area contributed by atoms with E-state index in [0.717, 1.165) is 112 Å². The molecule has 13 aromatic carbocycles. The second kappa shape index (κ2) is 65.4. The Kier molecular flexibility index (Phi) is 54.1. The van der Waals surface area contributed by atoms with Gasteiger partial charge in [-0.15, -0.1) is 0 Å². The molecule has 14 N–H and O–H groups in total. The summed E-state index contributed by atoms with van der Waals surface area (Å²) in [6, 6.07) is 94.9. The van der Waals surface area contributed by atoms with Crippen molar-refractivity contribution in [1.29, 1.82) is 0 Å². The highest BCUT2D eigenvalue weighted by Gasteiger charge is 2.36. The second-order valence-corrected chi connectivity index (χ2v) is 38.4. The molecular formula is C119H146F3N13O11S. The van der Waals surface area contributed by atoms with Crippen LogP contribution >= 0.6 is 0 Å². The van der Waals surface area contributed by atoms with E-state index in [1.165, 1.54) is 64.3 Å². The lowest BCUT2D eigenvalue weighted by Crippen LogP contribution is -2.34. The van der Waals surface area contributed by atoms with Gasteiger partial charge in [0.25, 0.3) is 0 Å². The number of aryl methyl sites for hydroxylation is 13. The first-order chi connectivity index (χ1) is 69.8. The number of hydrogen-bond donors (Lipinski definition) is 13. The molecule has 0 heterocycles. The lowest BCUT2D eigenvalue weighted by Gasteiger charge is -2.17. The molecule has 28 heteroatoms. The summed E-state index contributed by atoms with van der Waals surface area (Å²) in [5, 5.41) is 29.1. The number of rotatable bonds is 24. The highest BCUT2D eigenvalue weighted by Crippen LogP contribution is 2.30. The molecular weight excluding hydrogens is 1880 g/mol. The quantitative estimate of drug-likeness (QED) is 0.0198. The predicted octanol–water partition coefficient (Wildman–Crippen LogP) is 27.2. The number of ether oxygens (including phenoxy) is 1. The molecule has 0 saturated heterocycles. The van der Waals surface area contributed by atoms with E-state index in [1.54, 1.807) is 70.2 Å². The van der Waals surface area contributed by atoms with E-state index in [4.69, 9.17) is 5.73 Å². The third-order valence-electron chi connectivity index (χ3n) is 21.0. The number of urea groups is 3. The number of amides is 11. The maximum Gasteiger partial charge on any atom is 0.411 e. The summed E-state index contributed by atoms with van der Waals surface area (Å²) >= 11 is 0. The van der Waals surface area contributed by atoms with Gasteiger partial charge in [-0.05, 0) is 289 Å². The van der Waals surface area contributed by atoms with Crippen LogP contribution in [0.25, 0.3) is 0 Å². The lowest BCUT2D eigenvalue weighted by molar-refractivity contribution is -0.123. The van der Waals surface area contributed by atoms with Gasteiger partial charge in [-0.1, -0.05) is 262 Å². The summed E-state index contributed by atoms with van der Waals surface area (Å²) in [6.07, 6.45) is 6.06. The number of unbranched alkanes of at least 4 members (excludes halogenated alkanes) is 1. The van der Waals surface area contributed by atoms with E-state index in [9.17, 15) is 59.9 Å². The van der Waals surface area contributed by atoms with Crippen LogP contribution in [0.4, 0.5) is 89.2 Å². The molecule has 1 saturated carbocycles. The van der Waals surface area contributed by atoms with Crippen LogP contribution in [0.5, 0.6) is 0 Å². The summed E-state index contributed by atoms with van der Waals surface area (Å²) in [7, 11) is -1.77. The average molecular weight is 2020 g/mol. The molecule has 13 aromatic rings. The Bertz CT molecular complexity index is 6240. The van der Waals surface area contributed by atoms with E-state index >= 15 is 0 Å². The van der Waals surface area contributed by atoms with E-state index in [-0.39, 0.29) is 63.4 Å². The van der Waals surface area contributed by atoms with Crippen molar-refractivity contribution in [2.24, 2.45) is 5.41 Å². The van der Waals surface area contributed by atoms with E-state index in [0.29, 0.717) is 38.0 Å². The molecule has 1 aliphatic carbocycles. The van der Waals surface area contributed by atoms with Gasteiger partial charge < -0.3 is 63.6 Å². The summed E-state index contributed by atoms with van der Waals surface area (Å²) in [4.78, 5) is 91.3. The van der Waals surface area contributed by atoms with Crippen LogP contribution in [-0.2, 0) is 53.2 Å². The monoisotopic (exact) mass is 2020 g/mol. The minimum absolute atomic E-state index is 0.0139. The number of methoxy groups -OCH3 is 1. The first kappa shape index (κ1) is 122. The minimum Gasteiger partial charge on any atom is -0.453 e. The van der Waals surface area contributed by atoms with Crippen molar-refractivity contribution >= 4 is 115 Å². The van der Waals surface area contributed by atoms with Crippen LogP contribution in [0.1, 0.15) is 165 Å². The first-order valence-corrected chi connectivity index (χ1v) is 50.3. The Morgan fingerprint density at radius 2 is 0.714 bits per heavy atom. The number of hydrogen-bond acceptors (Lipinski definition) is 12. The Morgan fingerprint density at radius 3 is 1.05 bits per heavy atom. The highest BCUT2D eigenvalue weighted by atomic mass is 32.2. The maximum absolute atomic E-state index is 13.4. The third-order valence-corrected chi connectivity index (χ3v) is 22.9. The fraction of sp³-hybridized carbons (Fsp3) is 0.277. The van der Waals surface area contributed by atoms with Crippen LogP contribution in [-0.4, -0.2) is 87.7 Å². The lowest BCUT2D eigenvalue weighted by atomic mass is 9.95. The number of carbonyl (C=O) groups excluding carboxylic acids is 8. The molecule has 11 amide bonds. The number of nitrogens with two attached hydrogens (primary N) is 1. The molecule has 0 aromatic heterocycles. The standard InChI is InChI=1S/2C16H17NO.C15H15NO.C12H17FN2O.C12H17NO.C11H15FN2O.C10H13FN2O.C10H13NO2S.C9H11NO2.C8H11N/c2*1-13-7-10-15(11-8-13)17-16(18)12-9-14-5-3-2-4-6-14;1-12-7-9-14(10-8-12)16-15(17)11-13-5-3-2-4-6-13;1-3-4-7-14-12(16)15-11-6-5-9(2)8-10(11)13;1-9-5-7-10(8-6-9)13-11(14)12(2,3)4;1-7(2)13-11(15)14-10-5-4-8(3)6-9(10)12;1-3-12-10(14)13-9-5-4-7(2)6-8(9)11;1-8-3-2-4-9(7-8)11-14(12,13)10-5-6-10;1-7-3-5-8(6-4-7)10-9(11)12-2;1-6-3-4-8(9)7(2)5-6/h2*2-8,10-11H,9,12H2,1H3,(H,17,18);2-10H,11H2,1H3,(H,16,17);5-6,8H,3-4,7H2,1-2H3,(H2,14,15,16);5-8H,1-4H3,(H,13,14);4-7H,1-3H3,(H2,13,14,15);4-6H,3H2,1-2H3,(H2,12,13,14);2-4,7,10-11H,5-6H2,1H3;3-6H,1-2H3,(H,10,11);3-5H,9H2,1-2H3. The smallest absolute Gasteiger partial charge is 0.411 e. The van der Waals surface area contributed by atoms with Gasteiger partial charge in [0.1, 0.15) is 17.5 Å². The topological polar surface area (TPSA) is 350 Å². The summed E-state index contributed by atoms with van der Waals surface area (Å²) in [5.41, 5.74) is 26.8. The fourth-order valence-corrected chi connectivity index (χ4v) is 13.9. The van der Waals surface area contributed by atoms with Gasteiger partial charge in [0, 0.05) is 77.2 Å². The van der Waals surface area contributed by atoms with Crippen molar-refractivity contribution in [3.63, 3.8) is 0 Å². The minimum atomic E-state index is -3.11. The van der Waals surface area contributed by atoms with Gasteiger partial charge in [-0.25, -0.2) is 40.8 Å². The zero-order valence-corrected chi connectivity index (χ0v) is 88.8. The largest absolute Gasteiger partial charge is 0.453 e. The van der Waals surface area contributed by atoms with Crippen LogP contribution in [0, 0.1) is 99.0 Å². The normalized spacial score (nSPS) is 10.6. The van der Waals surface area contributed by atoms with Crippen molar-refractivity contribution in [3.8, 4) is 0 Å². The van der Waals surface area contributed by atoms with Crippen molar-refractivity contribution < 1.29 is 64.7 Å². The maximum atomic E-state index is 13.4. The predicted molar refractivity (Wildman–Crippen MR) is 598 cm³/mol. The molecule has 780 valence electrons. The van der Waals surface area contributed by atoms with Gasteiger partial charge in [0.2, 0.25) is 33.7 Å². The highest BCUT2D eigenvalue weighted by molar-refractivity contribution is 7.93. The molecule has 0 atom stereocenters. The van der Waals surface area contributed by atoms with E-state index in [1.807, 2.05) is 333 Å². The van der Waals surface area contributed by atoms with Gasteiger partial charge in [0.05, 0.1) is 35.8 Å². The Morgan fingerprint density at radius 1 is 0.374 bits per heavy atom. The number of sulfonamides is 1. The molecule has 1 aliphatic rings. The number of anilines is 10. The molecule has 1 fully saturated rings. The average Bonchev–Trinajstić information content (AvgIpc) is 1.67. The Balaban J connectivity index is 0.000000288. The van der Waals surface area contributed by atoms with Crippen molar-refractivity contribution in [3.05, 3.63) is 405 Å². The fourth-order valence-electron chi connectivity index (χ4n) is 12.5. The number of carbonyl (C=O) groups is 8.